The third kappa shape index (κ3) is 3.24. The maximum absolute atomic E-state index is 13.2. The Balaban J connectivity index is 1.32. The maximum atomic E-state index is 13.2. The van der Waals surface area contributed by atoms with E-state index in [2.05, 4.69) is 51.6 Å². The molecule has 3 aliphatic rings. The number of amides is 1. The van der Waals surface area contributed by atoms with Gasteiger partial charge in [0, 0.05) is 24.3 Å². The van der Waals surface area contributed by atoms with Crippen molar-refractivity contribution in [2.24, 2.45) is 0 Å². The molecule has 6 heteroatoms. The number of benzene rings is 2. The van der Waals surface area contributed by atoms with Crippen LogP contribution in [0.15, 0.2) is 48.5 Å². The van der Waals surface area contributed by atoms with Gasteiger partial charge < -0.3 is 15.8 Å². The molecule has 2 bridgehead atoms. The van der Waals surface area contributed by atoms with Crippen molar-refractivity contribution in [1.29, 1.82) is 0 Å². The average Bonchev–Trinajstić information content (AvgIpc) is 3.53. The Morgan fingerprint density at radius 2 is 1.88 bits per heavy atom. The van der Waals surface area contributed by atoms with Crippen LogP contribution in [0, 0.1) is 13.8 Å². The fraction of sp³-hybridized carbons (Fsp3) is 0.357. The van der Waals surface area contributed by atoms with Gasteiger partial charge in [0.1, 0.15) is 17.5 Å². The van der Waals surface area contributed by atoms with Gasteiger partial charge in [0.25, 0.3) is 5.91 Å². The lowest BCUT2D eigenvalue weighted by atomic mass is 9.76. The lowest BCUT2D eigenvalue weighted by Crippen LogP contribution is -2.39. The monoisotopic (exact) mass is 454 g/mol. The van der Waals surface area contributed by atoms with Gasteiger partial charge in [-0.1, -0.05) is 30.3 Å². The molecule has 0 saturated carbocycles. The Kier molecular flexibility index (Phi) is 4.97. The standard InChI is InChI=1S/C28H30N4O2/c1-17-13-25(29)31-18(2)22(17)15-30-27(33)19-9-10-21-24(14-19)28(16-32-11-5-6-12-32)23-8-4-3-7-20(23)26(21)34-28/h3-4,7-10,13-14,26H,5-6,11-12,15-16H2,1-2H3,(H2,29,31)(H,30,33). The number of carbonyl (C=O) groups is 1. The number of likely N-dealkylation sites (tertiary alicyclic amines) is 1. The highest BCUT2D eigenvalue weighted by Gasteiger charge is 2.55. The van der Waals surface area contributed by atoms with E-state index in [4.69, 9.17) is 10.5 Å². The molecule has 0 aliphatic carbocycles. The zero-order valence-electron chi connectivity index (χ0n) is 19.7. The summed E-state index contributed by atoms with van der Waals surface area (Å²) in [6.45, 7) is 7.36. The first kappa shape index (κ1) is 21.3. The van der Waals surface area contributed by atoms with Crippen molar-refractivity contribution in [2.45, 2.75) is 44.9 Å². The zero-order chi connectivity index (χ0) is 23.4. The first-order chi connectivity index (χ1) is 16.5. The average molecular weight is 455 g/mol. The molecular weight excluding hydrogens is 424 g/mol. The molecule has 3 aliphatic heterocycles. The van der Waals surface area contributed by atoms with Gasteiger partial charge in [0.15, 0.2) is 0 Å². The maximum Gasteiger partial charge on any atom is 0.251 e. The second-order valence-corrected chi connectivity index (χ2v) is 9.81. The van der Waals surface area contributed by atoms with E-state index < -0.39 is 5.60 Å². The van der Waals surface area contributed by atoms with Crippen LogP contribution < -0.4 is 11.1 Å². The van der Waals surface area contributed by atoms with Gasteiger partial charge in [-0.05, 0) is 91.4 Å². The molecule has 6 nitrogen and oxygen atoms in total. The van der Waals surface area contributed by atoms with Crippen molar-refractivity contribution < 1.29 is 9.53 Å². The van der Waals surface area contributed by atoms with Gasteiger partial charge in [0.05, 0.1) is 0 Å². The van der Waals surface area contributed by atoms with E-state index in [1.165, 1.54) is 29.5 Å². The van der Waals surface area contributed by atoms with Gasteiger partial charge in [-0.25, -0.2) is 4.98 Å². The number of nitrogens with one attached hydrogen (secondary N) is 1. The molecule has 1 amide bonds. The van der Waals surface area contributed by atoms with Crippen LogP contribution >= 0.6 is 0 Å². The van der Waals surface area contributed by atoms with E-state index in [1.807, 2.05) is 26.0 Å². The van der Waals surface area contributed by atoms with Crippen molar-refractivity contribution in [3.8, 4) is 0 Å². The van der Waals surface area contributed by atoms with Crippen LogP contribution in [0.5, 0.6) is 0 Å². The highest BCUT2D eigenvalue weighted by molar-refractivity contribution is 5.94. The number of ether oxygens (including phenoxy) is 1. The molecule has 0 radical (unpaired) electrons. The van der Waals surface area contributed by atoms with Crippen molar-refractivity contribution in [3.05, 3.63) is 93.2 Å². The van der Waals surface area contributed by atoms with Crippen molar-refractivity contribution in [2.75, 3.05) is 25.4 Å². The van der Waals surface area contributed by atoms with Crippen LogP contribution in [0.4, 0.5) is 5.82 Å². The smallest absolute Gasteiger partial charge is 0.251 e. The van der Waals surface area contributed by atoms with Gasteiger partial charge in [-0.3, -0.25) is 9.69 Å². The zero-order valence-corrected chi connectivity index (χ0v) is 19.7. The number of anilines is 1. The number of aryl methyl sites for hydroxylation is 2. The Morgan fingerprint density at radius 1 is 1.12 bits per heavy atom. The fourth-order valence-electron chi connectivity index (χ4n) is 6.03. The molecule has 6 rings (SSSR count). The number of rotatable bonds is 5. The van der Waals surface area contributed by atoms with Crippen LogP contribution in [-0.2, 0) is 16.9 Å². The largest absolute Gasteiger partial charge is 0.384 e. The lowest BCUT2D eigenvalue weighted by molar-refractivity contribution is -0.0247. The predicted octanol–water partition coefficient (Wildman–Crippen LogP) is 3.98. The summed E-state index contributed by atoms with van der Waals surface area (Å²) in [4.78, 5) is 20.0. The second kappa shape index (κ2) is 7.93. The minimum atomic E-state index is -0.509. The molecule has 1 fully saturated rings. The number of nitrogen functional groups attached to an aromatic ring is 1. The number of nitrogens with zero attached hydrogens (tertiary/aromatic N) is 2. The Morgan fingerprint density at radius 3 is 2.68 bits per heavy atom. The quantitative estimate of drug-likeness (QED) is 0.610. The van der Waals surface area contributed by atoms with E-state index in [0.29, 0.717) is 17.9 Å². The summed E-state index contributed by atoms with van der Waals surface area (Å²) in [5, 5.41) is 3.09. The van der Waals surface area contributed by atoms with E-state index >= 15 is 0 Å². The molecule has 3 aromatic rings. The normalized spacial score (nSPS) is 22.6. The Labute approximate surface area is 200 Å². The third-order valence-corrected chi connectivity index (χ3v) is 7.68. The summed E-state index contributed by atoms with van der Waals surface area (Å²) < 4.78 is 6.78. The fourth-order valence-corrected chi connectivity index (χ4v) is 6.03. The summed E-state index contributed by atoms with van der Waals surface area (Å²) in [5.74, 6) is 0.410. The highest BCUT2D eigenvalue weighted by atomic mass is 16.5. The van der Waals surface area contributed by atoms with E-state index in [-0.39, 0.29) is 12.0 Å². The van der Waals surface area contributed by atoms with E-state index in [0.717, 1.165) is 42.0 Å². The second-order valence-electron chi connectivity index (χ2n) is 9.81. The van der Waals surface area contributed by atoms with Crippen molar-refractivity contribution in [3.63, 3.8) is 0 Å². The topological polar surface area (TPSA) is 80.5 Å². The first-order valence-corrected chi connectivity index (χ1v) is 12.1. The highest BCUT2D eigenvalue weighted by Crippen LogP contribution is 2.58. The molecule has 34 heavy (non-hydrogen) atoms. The summed E-state index contributed by atoms with van der Waals surface area (Å²) >= 11 is 0. The summed E-state index contributed by atoms with van der Waals surface area (Å²) in [7, 11) is 0. The first-order valence-electron chi connectivity index (χ1n) is 12.1. The number of pyridine rings is 1. The van der Waals surface area contributed by atoms with E-state index in [9.17, 15) is 4.79 Å². The van der Waals surface area contributed by atoms with Crippen LogP contribution in [-0.4, -0.2) is 35.4 Å². The summed E-state index contributed by atoms with van der Waals surface area (Å²) in [6, 6.07) is 16.5. The SMILES string of the molecule is Cc1cc(N)nc(C)c1CNC(=O)c1ccc2c(c1)C1(CN3CCCC3)OC2c2ccccc21. The molecule has 174 valence electrons. The molecular formula is C28H30N4O2. The molecule has 1 aromatic heterocycles. The molecule has 1 saturated heterocycles. The summed E-state index contributed by atoms with van der Waals surface area (Å²) in [6.07, 6.45) is 2.40. The minimum Gasteiger partial charge on any atom is -0.384 e. The van der Waals surface area contributed by atoms with Gasteiger partial charge in [-0.2, -0.15) is 0 Å². The third-order valence-electron chi connectivity index (χ3n) is 7.68. The number of fused-ring (bicyclic) bond motifs is 8. The lowest BCUT2D eigenvalue weighted by Gasteiger charge is -2.33. The Bertz CT molecular complexity index is 1270. The molecule has 3 N–H and O–H groups in total. The Hall–Kier alpha value is -3.22. The van der Waals surface area contributed by atoms with Gasteiger partial charge in [-0.15, -0.1) is 0 Å². The number of carbonyl (C=O) groups excluding carboxylic acids is 1. The van der Waals surface area contributed by atoms with Crippen molar-refractivity contribution >= 4 is 11.7 Å². The minimum absolute atomic E-state index is 0.0583. The van der Waals surface area contributed by atoms with Gasteiger partial charge in [0.2, 0.25) is 0 Å². The number of hydrogen-bond donors (Lipinski definition) is 2. The van der Waals surface area contributed by atoms with Crippen molar-refractivity contribution in [1.82, 2.24) is 15.2 Å². The number of hydrogen-bond acceptors (Lipinski definition) is 5. The van der Waals surface area contributed by atoms with E-state index in [1.54, 1.807) is 0 Å². The number of nitrogens with two attached hydrogens (primary N) is 1. The predicted molar refractivity (Wildman–Crippen MR) is 132 cm³/mol. The molecule has 2 unspecified atom stereocenters. The molecule has 2 atom stereocenters. The van der Waals surface area contributed by atoms with Crippen LogP contribution in [0.1, 0.15) is 68.4 Å². The molecule has 0 spiro atoms. The van der Waals surface area contributed by atoms with Gasteiger partial charge >= 0.3 is 0 Å². The summed E-state index contributed by atoms with van der Waals surface area (Å²) in [5.41, 5.74) is 13.7. The van der Waals surface area contributed by atoms with Crippen LogP contribution in [0.2, 0.25) is 0 Å². The number of aromatic nitrogens is 1. The van der Waals surface area contributed by atoms with Crippen LogP contribution in [0.3, 0.4) is 0 Å². The van der Waals surface area contributed by atoms with Crippen LogP contribution in [0.25, 0.3) is 0 Å². The molecule has 4 heterocycles. The molecule has 2 aromatic carbocycles.